The number of anilines is 1. The number of hydrogen-bond donors (Lipinski definition) is 1. The smallest absolute Gasteiger partial charge is 0.332 e. The zero-order valence-corrected chi connectivity index (χ0v) is 13.4. The Kier molecular flexibility index (Phi) is 5.20. The number of methoxy groups -OCH3 is 1. The summed E-state index contributed by atoms with van der Waals surface area (Å²) in [4.78, 5) is 11.9. The molecule has 0 spiro atoms. The van der Waals surface area contributed by atoms with Crippen LogP contribution in [0.4, 0.5) is 10.1 Å². The molecule has 2 aromatic rings. The fourth-order valence-electron chi connectivity index (χ4n) is 1.83. The van der Waals surface area contributed by atoms with Crippen LogP contribution in [0, 0.1) is 5.82 Å². The molecular weight excluding hydrogens is 361 g/mol. The Labute approximate surface area is 135 Å². The highest BCUT2D eigenvalue weighted by Gasteiger charge is 2.22. The summed E-state index contributed by atoms with van der Waals surface area (Å²) in [6.07, 6.45) is 0. The normalized spacial score (nSPS) is 11.8. The van der Waals surface area contributed by atoms with Gasteiger partial charge in [0.25, 0.3) is 0 Å². The number of hydrogen-bond acceptors (Lipinski definition) is 3. The summed E-state index contributed by atoms with van der Waals surface area (Å²) in [5.74, 6) is -0.967. The fraction of sp³-hybridized carbons (Fsp3) is 0.133. The van der Waals surface area contributed by atoms with Crippen molar-refractivity contribution >= 4 is 39.2 Å². The average molecular weight is 373 g/mol. The molecule has 1 atom stereocenters. The standard InChI is InChI=1S/C15H12BrClFNO2/c1-21-15(20)14(9-5-6-12(16)13(18)7-9)19-11-4-2-3-10(17)8-11/h2-8,14,19H,1H3. The van der Waals surface area contributed by atoms with Crippen molar-refractivity contribution in [1.82, 2.24) is 0 Å². The second-order valence-corrected chi connectivity index (χ2v) is 5.58. The number of rotatable bonds is 4. The maximum absolute atomic E-state index is 13.7. The van der Waals surface area contributed by atoms with Gasteiger partial charge in [-0.3, -0.25) is 0 Å². The third-order valence-electron chi connectivity index (χ3n) is 2.85. The molecular formula is C15H12BrClFNO2. The quantitative estimate of drug-likeness (QED) is 0.799. The molecule has 1 N–H and O–H groups in total. The van der Waals surface area contributed by atoms with E-state index in [2.05, 4.69) is 21.2 Å². The Hall–Kier alpha value is -1.59. The van der Waals surface area contributed by atoms with Crippen molar-refractivity contribution in [3.63, 3.8) is 0 Å². The monoisotopic (exact) mass is 371 g/mol. The lowest BCUT2D eigenvalue weighted by Crippen LogP contribution is -2.22. The maximum atomic E-state index is 13.7. The Morgan fingerprint density at radius 3 is 2.71 bits per heavy atom. The van der Waals surface area contributed by atoms with E-state index in [-0.39, 0.29) is 0 Å². The van der Waals surface area contributed by atoms with Gasteiger partial charge in [0.2, 0.25) is 0 Å². The highest BCUT2D eigenvalue weighted by Crippen LogP contribution is 2.26. The first kappa shape index (κ1) is 15.8. The molecule has 21 heavy (non-hydrogen) atoms. The molecule has 0 aliphatic heterocycles. The van der Waals surface area contributed by atoms with E-state index in [9.17, 15) is 9.18 Å². The second kappa shape index (κ2) is 6.91. The number of carbonyl (C=O) groups is 1. The molecule has 1 unspecified atom stereocenters. The minimum absolute atomic E-state index is 0.331. The molecule has 6 heteroatoms. The fourth-order valence-corrected chi connectivity index (χ4v) is 2.27. The van der Waals surface area contributed by atoms with Crippen molar-refractivity contribution in [1.29, 1.82) is 0 Å². The number of nitrogens with one attached hydrogen (secondary N) is 1. The van der Waals surface area contributed by atoms with Crippen molar-refractivity contribution in [2.45, 2.75) is 6.04 Å². The third kappa shape index (κ3) is 3.95. The van der Waals surface area contributed by atoms with E-state index in [0.29, 0.717) is 20.7 Å². The van der Waals surface area contributed by atoms with Crippen LogP contribution in [0.3, 0.4) is 0 Å². The van der Waals surface area contributed by atoms with E-state index in [1.54, 1.807) is 36.4 Å². The zero-order chi connectivity index (χ0) is 15.4. The van der Waals surface area contributed by atoms with Crippen molar-refractivity contribution in [3.8, 4) is 0 Å². The van der Waals surface area contributed by atoms with Crippen LogP contribution in [-0.2, 0) is 9.53 Å². The van der Waals surface area contributed by atoms with E-state index in [1.165, 1.54) is 13.2 Å². The largest absolute Gasteiger partial charge is 0.467 e. The molecule has 2 aromatic carbocycles. The Bertz CT molecular complexity index is 666. The van der Waals surface area contributed by atoms with Crippen LogP contribution in [0.15, 0.2) is 46.9 Å². The van der Waals surface area contributed by atoms with Gasteiger partial charge in [0, 0.05) is 10.7 Å². The van der Waals surface area contributed by atoms with Crippen molar-refractivity contribution in [2.24, 2.45) is 0 Å². The number of benzene rings is 2. The topological polar surface area (TPSA) is 38.3 Å². The predicted octanol–water partition coefficient (Wildman–Crippen LogP) is 4.57. The van der Waals surface area contributed by atoms with Crippen LogP contribution in [0.25, 0.3) is 0 Å². The number of ether oxygens (including phenoxy) is 1. The van der Waals surface area contributed by atoms with Gasteiger partial charge in [0.1, 0.15) is 5.82 Å². The van der Waals surface area contributed by atoms with Gasteiger partial charge in [-0.05, 0) is 51.8 Å². The Morgan fingerprint density at radius 2 is 2.10 bits per heavy atom. The summed E-state index contributed by atoms with van der Waals surface area (Å²) in [7, 11) is 1.28. The second-order valence-electron chi connectivity index (χ2n) is 4.28. The molecule has 0 aromatic heterocycles. The third-order valence-corrected chi connectivity index (χ3v) is 3.73. The average Bonchev–Trinajstić information content (AvgIpc) is 2.47. The first-order valence-corrected chi connectivity index (χ1v) is 7.23. The van der Waals surface area contributed by atoms with Gasteiger partial charge in [-0.25, -0.2) is 9.18 Å². The molecule has 0 bridgehead atoms. The van der Waals surface area contributed by atoms with E-state index in [4.69, 9.17) is 16.3 Å². The molecule has 0 saturated heterocycles. The molecule has 0 fully saturated rings. The van der Waals surface area contributed by atoms with Crippen LogP contribution in [0.5, 0.6) is 0 Å². The van der Waals surface area contributed by atoms with Crippen LogP contribution in [-0.4, -0.2) is 13.1 Å². The lowest BCUT2D eigenvalue weighted by Gasteiger charge is -2.18. The van der Waals surface area contributed by atoms with E-state index < -0.39 is 17.8 Å². The predicted molar refractivity (Wildman–Crippen MR) is 83.9 cm³/mol. The van der Waals surface area contributed by atoms with Gasteiger partial charge in [0.15, 0.2) is 6.04 Å². The minimum Gasteiger partial charge on any atom is -0.467 e. The Balaban J connectivity index is 2.34. The SMILES string of the molecule is COC(=O)C(Nc1cccc(Cl)c1)c1ccc(Br)c(F)c1. The molecule has 3 nitrogen and oxygen atoms in total. The van der Waals surface area contributed by atoms with Gasteiger partial charge in [-0.1, -0.05) is 23.7 Å². The summed E-state index contributed by atoms with van der Waals surface area (Å²) >= 11 is 8.99. The molecule has 2 rings (SSSR count). The molecule has 0 heterocycles. The first-order chi connectivity index (χ1) is 10.0. The molecule has 0 saturated carbocycles. The Morgan fingerprint density at radius 1 is 1.33 bits per heavy atom. The molecule has 0 radical (unpaired) electrons. The highest BCUT2D eigenvalue weighted by molar-refractivity contribution is 9.10. The summed E-state index contributed by atoms with van der Waals surface area (Å²) in [5, 5.41) is 3.53. The summed E-state index contributed by atoms with van der Waals surface area (Å²) in [6.45, 7) is 0. The van der Waals surface area contributed by atoms with Crippen LogP contribution in [0.1, 0.15) is 11.6 Å². The maximum Gasteiger partial charge on any atom is 0.332 e. The van der Waals surface area contributed by atoms with Crippen LogP contribution in [0.2, 0.25) is 5.02 Å². The van der Waals surface area contributed by atoms with Crippen LogP contribution < -0.4 is 5.32 Å². The zero-order valence-electron chi connectivity index (χ0n) is 11.1. The van der Waals surface area contributed by atoms with Crippen molar-refractivity contribution in [2.75, 3.05) is 12.4 Å². The van der Waals surface area contributed by atoms with Gasteiger partial charge >= 0.3 is 5.97 Å². The van der Waals surface area contributed by atoms with Crippen LogP contribution >= 0.6 is 27.5 Å². The van der Waals surface area contributed by atoms with Gasteiger partial charge < -0.3 is 10.1 Å². The minimum atomic E-state index is -0.823. The van der Waals surface area contributed by atoms with Crippen molar-refractivity contribution in [3.05, 3.63) is 63.3 Å². The molecule has 0 amide bonds. The van der Waals surface area contributed by atoms with Crippen molar-refractivity contribution < 1.29 is 13.9 Å². The summed E-state index contributed by atoms with van der Waals surface area (Å²) < 4.78 is 18.8. The lowest BCUT2D eigenvalue weighted by atomic mass is 10.1. The number of esters is 1. The summed E-state index contributed by atoms with van der Waals surface area (Å²) in [5.41, 5.74) is 1.10. The van der Waals surface area contributed by atoms with Gasteiger partial charge in [-0.15, -0.1) is 0 Å². The van der Waals surface area contributed by atoms with Gasteiger partial charge in [0.05, 0.1) is 11.6 Å². The molecule has 0 aliphatic carbocycles. The van der Waals surface area contributed by atoms with E-state index in [0.717, 1.165) is 0 Å². The number of halogens is 3. The lowest BCUT2D eigenvalue weighted by molar-refractivity contribution is -0.141. The van der Waals surface area contributed by atoms with Gasteiger partial charge in [-0.2, -0.15) is 0 Å². The molecule has 0 aliphatic rings. The van der Waals surface area contributed by atoms with E-state index >= 15 is 0 Å². The number of carbonyl (C=O) groups excluding carboxylic acids is 1. The first-order valence-electron chi connectivity index (χ1n) is 6.06. The van der Waals surface area contributed by atoms with E-state index in [1.807, 2.05) is 0 Å². The summed E-state index contributed by atoms with van der Waals surface area (Å²) in [6, 6.07) is 10.6. The highest BCUT2D eigenvalue weighted by atomic mass is 79.9. The molecule has 110 valence electrons.